The van der Waals surface area contributed by atoms with Gasteiger partial charge in [-0.05, 0) is 49.7 Å². The van der Waals surface area contributed by atoms with Crippen molar-refractivity contribution in [2.24, 2.45) is 0 Å². The minimum absolute atomic E-state index is 0.0418. The Morgan fingerprint density at radius 1 is 0.897 bits per heavy atom. The van der Waals surface area contributed by atoms with Gasteiger partial charge in [-0.1, -0.05) is 48.9 Å². The van der Waals surface area contributed by atoms with E-state index in [1.807, 2.05) is 60.7 Å². The first-order chi connectivity index (χ1) is 14.2. The molecule has 0 bridgehead atoms. The molecule has 0 atom stereocenters. The zero-order chi connectivity index (χ0) is 20.1. The van der Waals surface area contributed by atoms with Crippen molar-refractivity contribution in [2.45, 2.75) is 25.8 Å². The molecule has 1 aromatic heterocycles. The molecule has 3 aromatic rings. The maximum atomic E-state index is 13.2. The number of aromatic nitrogens is 2. The molecule has 150 valence electrons. The zero-order valence-corrected chi connectivity index (χ0v) is 16.9. The normalized spacial score (nSPS) is 14.7. The van der Waals surface area contributed by atoms with Gasteiger partial charge in [0.25, 0.3) is 5.56 Å². The number of hydrogen-bond acceptors (Lipinski definition) is 4. The van der Waals surface area contributed by atoms with E-state index in [1.54, 1.807) is 11.8 Å². The van der Waals surface area contributed by atoms with Gasteiger partial charge in [0.2, 0.25) is 0 Å². The van der Waals surface area contributed by atoms with Gasteiger partial charge in [-0.25, -0.2) is 4.68 Å². The highest BCUT2D eigenvalue weighted by Crippen LogP contribution is 2.25. The van der Waals surface area contributed by atoms with Crippen LogP contribution in [-0.2, 0) is 6.54 Å². The highest BCUT2D eigenvalue weighted by atomic mass is 16.5. The second-order valence-corrected chi connectivity index (χ2v) is 7.47. The molecule has 0 spiro atoms. The molecule has 1 saturated heterocycles. The summed E-state index contributed by atoms with van der Waals surface area (Å²) in [4.78, 5) is 15.6. The summed E-state index contributed by atoms with van der Waals surface area (Å²) in [5.74, 6) is 0.775. The fraction of sp³-hybridized carbons (Fsp3) is 0.333. The first kappa shape index (κ1) is 19.4. The van der Waals surface area contributed by atoms with Crippen LogP contribution in [0.15, 0.2) is 65.5 Å². The molecule has 2 aromatic carbocycles. The van der Waals surface area contributed by atoms with Gasteiger partial charge in [-0.3, -0.25) is 4.79 Å². The third kappa shape index (κ3) is 4.57. The summed E-state index contributed by atoms with van der Waals surface area (Å²) in [5.41, 5.74) is 3.27. The molecule has 0 radical (unpaired) electrons. The smallest absolute Gasteiger partial charge is 0.274 e. The summed E-state index contributed by atoms with van der Waals surface area (Å²) in [6.45, 7) is 3.66. The average molecular weight is 389 g/mol. The Morgan fingerprint density at radius 2 is 1.66 bits per heavy atom. The van der Waals surface area contributed by atoms with E-state index in [9.17, 15) is 4.79 Å². The van der Waals surface area contributed by atoms with Crippen LogP contribution in [-0.4, -0.2) is 41.4 Å². The van der Waals surface area contributed by atoms with Gasteiger partial charge in [0.15, 0.2) is 0 Å². The van der Waals surface area contributed by atoms with E-state index < -0.39 is 0 Å². The quantitative estimate of drug-likeness (QED) is 0.638. The van der Waals surface area contributed by atoms with Gasteiger partial charge >= 0.3 is 0 Å². The summed E-state index contributed by atoms with van der Waals surface area (Å²) < 4.78 is 7.00. The Bertz CT molecular complexity index is 1010. The number of ether oxygens (including phenoxy) is 1. The van der Waals surface area contributed by atoms with Crippen molar-refractivity contribution in [1.82, 2.24) is 14.7 Å². The maximum absolute atomic E-state index is 13.2. The molecule has 1 aliphatic heterocycles. The molecule has 29 heavy (non-hydrogen) atoms. The van der Waals surface area contributed by atoms with Gasteiger partial charge in [0.05, 0.1) is 24.9 Å². The third-order valence-electron chi connectivity index (χ3n) is 5.50. The highest BCUT2D eigenvalue weighted by Gasteiger charge is 2.15. The topological polar surface area (TPSA) is 47.4 Å². The van der Waals surface area contributed by atoms with Crippen LogP contribution in [0, 0.1) is 0 Å². The molecule has 0 saturated carbocycles. The van der Waals surface area contributed by atoms with Gasteiger partial charge < -0.3 is 9.64 Å². The van der Waals surface area contributed by atoms with Crippen LogP contribution in [0.2, 0.25) is 0 Å². The summed E-state index contributed by atoms with van der Waals surface area (Å²) in [6, 6.07) is 19.5. The molecule has 4 rings (SSSR count). The summed E-state index contributed by atoms with van der Waals surface area (Å²) in [6.07, 6.45) is 3.78. The van der Waals surface area contributed by atoms with Crippen LogP contribution in [0.4, 0.5) is 0 Å². The molecule has 5 heteroatoms. The van der Waals surface area contributed by atoms with Crippen molar-refractivity contribution in [3.8, 4) is 28.1 Å². The lowest BCUT2D eigenvalue weighted by atomic mass is 10.0. The largest absolute Gasteiger partial charge is 0.497 e. The van der Waals surface area contributed by atoms with Crippen molar-refractivity contribution in [3.05, 3.63) is 71.0 Å². The third-order valence-corrected chi connectivity index (χ3v) is 5.50. The van der Waals surface area contributed by atoms with Crippen LogP contribution >= 0.6 is 0 Å². The number of piperidine rings is 1. The second-order valence-electron chi connectivity index (χ2n) is 7.47. The molecule has 0 aliphatic carbocycles. The number of benzene rings is 2. The van der Waals surface area contributed by atoms with E-state index in [2.05, 4.69) is 4.90 Å². The van der Waals surface area contributed by atoms with Crippen LogP contribution in [0.1, 0.15) is 19.3 Å². The molecular formula is C24H27N3O2. The second kappa shape index (κ2) is 9.05. The SMILES string of the molecule is COc1cccc(-c2cc(-c3ccccc3)c(=O)n(CCN3CCCCC3)n2)c1. The minimum atomic E-state index is -0.0418. The average Bonchev–Trinajstić information content (AvgIpc) is 2.79. The Kier molecular flexibility index (Phi) is 6.06. The van der Waals surface area contributed by atoms with Crippen molar-refractivity contribution in [2.75, 3.05) is 26.7 Å². The monoisotopic (exact) mass is 389 g/mol. The molecule has 0 unspecified atom stereocenters. The van der Waals surface area contributed by atoms with E-state index in [4.69, 9.17) is 9.84 Å². The van der Waals surface area contributed by atoms with Gasteiger partial charge in [-0.2, -0.15) is 5.10 Å². The molecular weight excluding hydrogens is 362 g/mol. The Labute approximate surface area is 171 Å². The predicted molar refractivity (Wildman–Crippen MR) is 116 cm³/mol. The fourth-order valence-corrected chi connectivity index (χ4v) is 3.86. The number of methoxy groups -OCH3 is 1. The van der Waals surface area contributed by atoms with Crippen LogP contribution in [0.5, 0.6) is 5.75 Å². The van der Waals surface area contributed by atoms with E-state index in [-0.39, 0.29) is 5.56 Å². The highest BCUT2D eigenvalue weighted by molar-refractivity contribution is 5.70. The van der Waals surface area contributed by atoms with E-state index >= 15 is 0 Å². The van der Waals surface area contributed by atoms with E-state index in [1.165, 1.54) is 19.3 Å². The van der Waals surface area contributed by atoms with Crippen LogP contribution in [0.3, 0.4) is 0 Å². The number of hydrogen-bond donors (Lipinski definition) is 0. The van der Waals surface area contributed by atoms with Crippen molar-refractivity contribution in [3.63, 3.8) is 0 Å². The van der Waals surface area contributed by atoms with Crippen LogP contribution < -0.4 is 10.3 Å². The Balaban J connectivity index is 1.73. The summed E-state index contributed by atoms with van der Waals surface area (Å²) >= 11 is 0. The molecule has 2 heterocycles. The lowest BCUT2D eigenvalue weighted by Crippen LogP contribution is -2.35. The first-order valence-corrected chi connectivity index (χ1v) is 10.3. The Morgan fingerprint density at radius 3 is 2.41 bits per heavy atom. The summed E-state index contributed by atoms with van der Waals surface area (Å²) in [5, 5.41) is 4.71. The molecule has 1 aliphatic rings. The lowest BCUT2D eigenvalue weighted by molar-refractivity contribution is 0.216. The van der Waals surface area contributed by atoms with E-state index in [0.717, 1.165) is 42.2 Å². The minimum Gasteiger partial charge on any atom is -0.497 e. The lowest BCUT2D eigenvalue weighted by Gasteiger charge is -2.26. The van der Waals surface area contributed by atoms with Crippen molar-refractivity contribution in [1.29, 1.82) is 0 Å². The number of rotatable bonds is 6. The van der Waals surface area contributed by atoms with Gasteiger partial charge in [-0.15, -0.1) is 0 Å². The fourth-order valence-electron chi connectivity index (χ4n) is 3.86. The molecule has 0 N–H and O–H groups in total. The van der Waals surface area contributed by atoms with E-state index in [0.29, 0.717) is 12.1 Å². The molecule has 5 nitrogen and oxygen atoms in total. The number of nitrogens with zero attached hydrogens (tertiary/aromatic N) is 3. The maximum Gasteiger partial charge on any atom is 0.274 e. The molecule has 1 fully saturated rings. The predicted octanol–water partition coefficient (Wildman–Crippen LogP) is 4.07. The van der Waals surface area contributed by atoms with Gasteiger partial charge in [0, 0.05) is 12.1 Å². The molecule has 0 amide bonds. The Hall–Kier alpha value is -2.92. The van der Waals surface area contributed by atoms with Crippen molar-refractivity contribution < 1.29 is 4.74 Å². The van der Waals surface area contributed by atoms with Crippen LogP contribution in [0.25, 0.3) is 22.4 Å². The first-order valence-electron chi connectivity index (χ1n) is 10.3. The zero-order valence-electron chi connectivity index (χ0n) is 16.9. The van der Waals surface area contributed by atoms with Gasteiger partial charge in [0.1, 0.15) is 5.75 Å². The number of likely N-dealkylation sites (tertiary alicyclic amines) is 1. The standard InChI is InChI=1S/C24H27N3O2/c1-29-21-12-8-11-20(17-21)23-18-22(19-9-4-2-5-10-19)24(28)27(25-23)16-15-26-13-6-3-7-14-26/h2,4-5,8-12,17-18H,3,6-7,13-16H2,1H3. The van der Waals surface area contributed by atoms with Crippen molar-refractivity contribution >= 4 is 0 Å². The summed E-state index contributed by atoms with van der Waals surface area (Å²) in [7, 11) is 1.65.